The lowest BCUT2D eigenvalue weighted by Gasteiger charge is -2.19. The summed E-state index contributed by atoms with van der Waals surface area (Å²) >= 11 is 0. The number of carbonyl (C=O) groups excluding carboxylic acids is 4. The van der Waals surface area contributed by atoms with Crippen LogP contribution >= 0.6 is 0 Å². The number of esters is 2. The quantitative estimate of drug-likeness (QED) is 0.110. The van der Waals surface area contributed by atoms with Crippen molar-refractivity contribution in [3.8, 4) is 11.1 Å². The first-order valence-electron chi connectivity index (χ1n) is 14.1. The maximum absolute atomic E-state index is 12.7. The number of anilines is 1. The highest BCUT2D eigenvalue weighted by atomic mass is 19.4. The second-order valence-corrected chi connectivity index (χ2v) is 10.3. The molecule has 2 amide bonds. The van der Waals surface area contributed by atoms with Gasteiger partial charge in [0.1, 0.15) is 5.82 Å². The number of amides is 2. The van der Waals surface area contributed by atoms with Crippen LogP contribution in [0.5, 0.6) is 0 Å². The van der Waals surface area contributed by atoms with Gasteiger partial charge in [-0.05, 0) is 64.6 Å². The molecule has 1 atom stereocenters. The van der Waals surface area contributed by atoms with E-state index in [0.717, 1.165) is 27.5 Å². The number of aryl methyl sites for hydroxylation is 1. The normalized spacial score (nSPS) is 11.8. The number of alkyl halides is 3. The SMILES string of the molecule is Cc1ccnc(NCCCC(=O)NCC(=O)NC(CC(=O)OC(=O)C(F)(F)F)c2ccc(-c3ccc4ccccc4c3)cc2)c1. The summed E-state index contributed by atoms with van der Waals surface area (Å²) < 4.78 is 41.8. The summed E-state index contributed by atoms with van der Waals surface area (Å²) in [6, 6.07) is 23.0. The van der Waals surface area contributed by atoms with Crippen LogP contribution < -0.4 is 16.0 Å². The Morgan fingerprint density at radius 2 is 1.58 bits per heavy atom. The van der Waals surface area contributed by atoms with Gasteiger partial charge in [0, 0.05) is 19.2 Å². The highest BCUT2D eigenvalue weighted by Crippen LogP contribution is 2.27. The van der Waals surface area contributed by atoms with Gasteiger partial charge in [-0.25, -0.2) is 9.78 Å². The number of hydrogen-bond acceptors (Lipinski definition) is 7. The third-order valence-electron chi connectivity index (χ3n) is 6.79. The molecule has 9 nitrogen and oxygen atoms in total. The number of carbonyl (C=O) groups is 4. The predicted octanol–water partition coefficient (Wildman–Crippen LogP) is 5.40. The maximum atomic E-state index is 12.7. The number of fused-ring (bicyclic) bond motifs is 1. The van der Waals surface area contributed by atoms with Gasteiger partial charge in [-0.2, -0.15) is 13.2 Å². The second-order valence-electron chi connectivity index (χ2n) is 10.3. The Labute approximate surface area is 257 Å². The van der Waals surface area contributed by atoms with E-state index >= 15 is 0 Å². The molecule has 3 N–H and O–H groups in total. The lowest BCUT2D eigenvalue weighted by atomic mass is 9.97. The molecule has 0 saturated heterocycles. The number of halogens is 3. The number of aromatic nitrogens is 1. The Balaban J connectivity index is 1.37. The average molecular weight is 621 g/mol. The predicted molar refractivity (Wildman–Crippen MR) is 162 cm³/mol. The monoisotopic (exact) mass is 620 g/mol. The van der Waals surface area contributed by atoms with E-state index in [9.17, 15) is 32.3 Å². The van der Waals surface area contributed by atoms with Crippen molar-refractivity contribution in [1.29, 1.82) is 0 Å². The molecule has 3 aromatic carbocycles. The van der Waals surface area contributed by atoms with E-state index < -0.39 is 48.9 Å². The number of hydrogen-bond donors (Lipinski definition) is 3. The molecule has 0 aliphatic carbocycles. The van der Waals surface area contributed by atoms with Crippen molar-refractivity contribution in [2.24, 2.45) is 0 Å². The molecule has 234 valence electrons. The molecule has 4 rings (SSSR count). The zero-order chi connectivity index (χ0) is 32.4. The lowest BCUT2D eigenvalue weighted by molar-refractivity contribution is -0.202. The first-order valence-corrected chi connectivity index (χ1v) is 14.1. The van der Waals surface area contributed by atoms with Crippen molar-refractivity contribution in [2.45, 2.75) is 38.4 Å². The highest BCUT2D eigenvalue weighted by Gasteiger charge is 2.42. The van der Waals surface area contributed by atoms with Crippen LogP contribution in [0.25, 0.3) is 21.9 Å². The molecule has 12 heteroatoms. The summed E-state index contributed by atoms with van der Waals surface area (Å²) in [7, 11) is 0. The number of benzene rings is 3. The van der Waals surface area contributed by atoms with Crippen molar-refractivity contribution < 1.29 is 37.1 Å². The zero-order valence-electron chi connectivity index (χ0n) is 24.3. The first-order chi connectivity index (χ1) is 21.5. The Morgan fingerprint density at radius 1 is 0.867 bits per heavy atom. The van der Waals surface area contributed by atoms with Crippen molar-refractivity contribution in [3.05, 3.63) is 96.2 Å². The van der Waals surface area contributed by atoms with Crippen molar-refractivity contribution in [1.82, 2.24) is 15.6 Å². The van der Waals surface area contributed by atoms with Gasteiger partial charge < -0.3 is 20.7 Å². The summed E-state index contributed by atoms with van der Waals surface area (Å²) in [5.41, 5.74) is 3.15. The minimum atomic E-state index is -5.35. The third-order valence-corrected chi connectivity index (χ3v) is 6.79. The average Bonchev–Trinajstić information content (AvgIpc) is 3.01. The van der Waals surface area contributed by atoms with Crippen LogP contribution in [0.15, 0.2) is 85.1 Å². The van der Waals surface area contributed by atoms with Gasteiger partial charge in [0.05, 0.1) is 19.0 Å². The van der Waals surface area contributed by atoms with Crippen molar-refractivity contribution in [2.75, 3.05) is 18.4 Å². The zero-order valence-corrected chi connectivity index (χ0v) is 24.3. The van der Waals surface area contributed by atoms with Gasteiger partial charge in [0.2, 0.25) is 11.8 Å². The number of ether oxygens (including phenoxy) is 1. The van der Waals surface area contributed by atoms with Crippen LogP contribution in [-0.4, -0.2) is 48.0 Å². The minimum absolute atomic E-state index is 0.123. The number of nitrogens with zero attached hydrogens (tertiary/aromatic N) is 1. The van der Waals surface area contributed by atoms with Crippen LogP contribution in [0.4, 0.5) is 19.0 Å². The Bertz CT molecular complexity index is 1680. The lowest BCUT2D eigenvalue weighted by Crippen LogP contribution is -2.39. The summed E-state index contributed by atoms with van der Waals surface area (Å²) in [6.45, 7) is 1.97. The van der Waals surface area contributed by atoms with Gasteiger partial charge in [0.15, 0.2) is 0 Å². The molecule has 1 heterocycles. The third kappa shape index (κ3) is 9.88. The standard InChI is InChI=1S/C33H31F3N4O5/c1-21-14-16-38-28(17-21)37-15-4-7-29(41)39-20-30(42)40-27(19-31(43)45-32(44)33(34,35)36)24-11-8-23(9-12-24)26-13-10-22-5-2-3-6-25(22)18-26/h2-3,5-6,8-14,16-18,27H,4,7,15,19-20H2,1H3,(H,37,38)(H,39,41)(H,40,42). The van der Waals surface area contributed by atoms with E-state index in [0.29, 0.717) is 24.3 Å². The number of nitrogens with one attached hydrogen (secondary N) is 3. The molecule has 0 saturated carbocycles. The molecule has 0 fully saturated rings. The van der Waals surface area contributed by atoms with Crippen molar-refractivity contribution in [3.63, 3.8) is 0 Å². The first kappa shape index (κ1) is 32.6. The molecule has 0 aliphatic heterocycles. The minimum Gasteiger partial charge on any atom is -0.386 e. The topological polar surface area (TPSA) is 126 Å². The summed E-state index contributed by atoms with van der Waals surface area (Å²) in [5, 5.41) is 10.2. The van der Waals surface area contributed by atoms with Gasteiger partial charge in [0.25, 0.3) is 0 Å². The Hall–Kier alpha value is -5.26. The number of pyridine rings is 1. The largest absolute Gasteiger partial charge is 0.491 e. The van der Waals surface area contributed by atoms with Crippen molar-refractivity contribution >= 4 is 40.3 Å². The van der Waals surface area contributed by atoms with Crippen LogP contribution in [0.2, 0.25) is 0 Å². The maximum Gasteiger partial charge on any atom is 0.491 e. The van der Waals surface area contributed by atoms with E-state index in [1.807, 2.05) is 61.5 Å². The molecule has 0 bridgehead atoms. The van der Waals surface area contributed by atoms with Gasteiger partial charge in [-0.15, -0.1) is 0 Å². The fraction of sp³-hybridized carbons (Fsp3) is 0.242. The molecule has 1 aromatic heterocycles. The number of rotatable bonds is 12. The summed E-state index contributed by atoms with van der Waals surface area (Å²) in [5.74, 6) is -4.52. The van der Waals surface area contributed by atoms with Gasteiger partial charge in [-0.1, -0.05) is 60.7 Å². The molecule has 45 heavy (non-hydrogen) atoms. The van der Waals surface area contributed by atoms with E-state index in [-0.39, 0.29) is 6.42 Å². The molecule has 0 spiro atoms. The van der Waals surface area contributed by atoms with Crippen LogP contribution in [0, 0.1) is 6.92 Å². The van der Waals surface area contributed by atoms with Crippen LogP contribution in [0.3, 0.4) is 0 Å². The highest BCUT2D eigenvalue weighted by molar-refractivity contribution is 5.90. The molecular formula is C33H31F3N4O5. The molecule has 1 unspecified atom stereocenters. The van der Waals surface area contributed by atoms with E-state index in [2.05, 4.69) is 25.7 Å². The van der Waals surface area contributed by atoms with E-state index in [1.165, 1.54) is 0 Å². The molecule has 4 aromatic rings. The fourth-order valence-electron chi connectivity index (χ4n) is 4.51. The van der Waals surface area contributed by atoms with E-state index in [1.54, 1.807) is 30.5 Å². The van der Waals surface area contributed by atoms with E-state index in [4.69, 9.17) is 0 Å². The second kappa shape index (κ2) is 15.0. The van der Waals surface area contributed by atoms with Gasteiger partial charge in [-0.3, -0.25) is 14.4 Å². The molecule has 0 aliphatic rings. The molecule has 0 radical (unpaired) electrons. The van der Waals surface area contributed by atoms with Crippen LogP contribution in [0.1, 0.15) is 36.4 Å². The smallest absolute Gasteiger partial charge is 0.386 e. The summed E-state index contributed by atoms with van der Waals surface area (Å²) in [6.07, 6.45) is -3.85. The van der Waals surface area contributed by atoms with Crippen LogP contribution in [-0.2, 0) is 23.9 Å². The van der Waals surface area contributed by atoms with Gasteiger partial charge >= 0.3 is 18.1 Å². The molecular weight excluding hydrogens is 589 g/mol. The Morgan fingerprint density at radius 3 is 2.29 bits per heavy atom. The summed E-state index contributed by atoms with van der Waals surface area (Å²) in [4.78, 5) is 52.6. The Kier molecular flexibility index (Phi) is 10.9. The fourth-order valence-corrected chi connectivity index (χ4v) is 4.51.